The molecule has 0 aliphatic rings. The van der Waals surface area contributed by atoms with Crippen molar-refractivity contribution in [2.75, 3.05) is 11.1 Å². The minimum absolute atomic E-state index is 0.188. The number of hydrogen-bond acceptors (Lipinski definition) is 3. The Morgan fingerprint density at radius 2 is 1.78 bits per heavy atom. The van der Waals surface area contributed by atoms with Crippen LogP contribution in [0.3, 0.4) is 0 Å². The number of nitrogen functional groups attached to an aromatic ring is 1. The number of hydrogen-bond donors (Lipinski definition) is 2. The number of benzene rings is 1. The molecule has 0 saturated heterocycles. The molecule has 0 aliphatic carbocycles. The summed E-state index contributed by atoms with van der Waals surface area (Å²) in [7, 11) is 0. The van der Waals surface area contributed by atoms with Crippen molar-refractivity contribution >= 4 is 40.5 Å². The molecule has 18 heavy (non-hydrogen) atoms. The summed E-state index contributed by atoms with van der Waals surface area (Å²) in [6.07, 6.45) is 0. The van der Waals surface area contributed by atoms with E-state index in [0.29, 0.717) is 21.8 Å². The van der Waals surface area contributed by atoms with Crippen LogP contribution in [0.15, 0.2) is 24.3 Å². The molecule has 0 amide bonds. The fraction of sp³-hybridized carbons (Fsp3) is 0. The minimum atomic E-state index is -0.910. The Kier molecular flexibility index (Phi) is 3.54. The normalized spacial score (nSPS) is 10.4. The molecule has 3 N–H and O–H groups in total. The van der Waals surface area contributed by atoms with Crippen LogP contribution in [0.5, 0.6) is 0 Å². The number of anilines is 3. The molecule has 1 aromatic heterocycles. The highest BCUT2D eigenvalue weighted by molar-refractivity contribution is 6.42. The Hall–Kier alpha value is -1.59. The molecule has 1 aromatic carbocycles. The average molecular weight is 290 g/mol. The summed E-state index contributed by atoms with van der Waals surface area (Å²) in [6.45, 7) is 0. The lowest BCUT2D eigenvalue weighted by molar-refractivity contribution is 0.581. The number of nitrogens with zero attached hydrogens (tertiary/aromatic N) is 1. The highest BCUT2D eigenvalue weighted by atomic mass is 35.5. The van der Waals surface area contributed by atoms with Gasteiger partial charge in [0.1, 0.15) is 0 Å². The lowest BCUT2D eigenvalue weighted by Gasteiger charge is -2.08. The predicted molar refractivity (Wildman–Crippen MR) is 68.3 cm³/mol. The van der Waals surface area contributed by atoms with Gasteiger partial charge in [0.05, 0.1) is 10.0 Å². The van der Waals surface area contributed by atoms with Gasteiger partial charge >= 0.3 is 0 Å². The van der Waals surface area contributed by atoms with E-state index in [1.165, 1.54) is 12.1 Å². The number of aromatic nitrogens is 1. The Morgan fingerprint density at radius 3 is 2.44 bits per heavy atom. The van der Waals surface area contributed by atoms with Crippen LogP contribution >= 0.6 is 23.2 Å². The van der Waals surface area contributed by atoms with Crippen LogP contribution in [-0.2, 0) is 0 Å². The van der Waals surface area contributed by atoms with Crippen molar-refractivity contribution in [1.82, 2.24) is 4.98 Å². The molecule has 1 heterocycles. The van der Waals surface area contributed by atoms with Crippen LogP contribution in [0.4, 0.5) is 26.1 Å². The van der Waals surface area contributed by atoms with Crippen LogP contribution < -0.4 is 11.1 Å². The zero-order chi connectivity index (χ0) is 13.3. The van der Waals surface area contributed by atoms with E-state index in [0.717, 1.165) is 0 Å². The number of rotatable bonds is 2. The standard InChI is InChI=1S/C11H7Cl2F2N3/c12-6-2-1-5(3-7(6)13)17-11-9(15)4-8(14)10(16)18-11/h1-4H,(H3,16,17,18). The molecule has 0 spiro atoms. The molecule has 0 atom stereocenters. The lowest BCUT2D eigenvalue weighted by Crippen LogP contribution is -2.03. The van der Waals surface area contributed by atoms with E-state index in [4.69, 9.17) is 28.9 Å². The van der Waals surface area contributed by atoms with Crippen molar-refractivity contribution < 1.29 is 8.78 Å². The molecule has 2 aromatic rings. The monoisotopic (exact) mass is 289 g/mol. The van der Waals surface area contributed by atoms with Crippen LogP contribution in [0, 0.1) is 11.6 Å². The Labute approximate surface area is 112 Å². The molecular formula is C11H7Cl2F2N3. The molecule has 0 fully saturated rings. The summed E-state index contributed by atoms with van der Waals surface area (Å²) < 4.78 is 26.3. The number of halogens is 4. The van der Waals surface area contributed by atoms with Gasteiger partial charge in [-0.15, -0.1) is 0 Å². The first kappa shape index (κ1) is 12.9. The van der Waals surface area contributed by atoms with Gasteiger partial charge in [0, 0.05) is 11.8 Å². The van der Waals surface area contributed by atoms with E-state index in [1.807, 2.05) is 0 Å². The highest BCUT2D eigenvalue weighted by Crippen LogP contribution is 2.27. The lowest BCUT2D eigenvalue weighted by atomic mass is 10.3. The molecule has 3 nitrogen and oxygen atoms in total. The number of pyridine rings is 1. The van der Waals surface area contributed by atoms with Gasteiger partial charge < -0.3 is 11.1 Å². The first-order valence-electron chi connectivity index (χ1n) is 4.81. The van der Waals surface area contributed by atoms with Gasteiger partial charge in [-0.2, -0.15) is 0 Å². The van der Waals surface area contributed by atoms with Crippen molar-refractivity contribution in [3.05, 3.63) is 45.9 Å². The fourth-order valence-corrected chi connectivity index (χ4v) is 1.58. The average Bonchev–Trinajstić information content (AvgIpc) is 2.31. The first-order chi connectivity index (χ1) is 8.47. The molecular weight excluding hydrogens is 283 g/mol. The molecule has 94 valence electrons. The SMILES string of the molecule is Nc1nc(Nc2ccc(Cl)c(Cl)c2)c(F)cc1F. The number of nitrogens with two attached hydrogens (primary N) is 1. The van der Waals surface area contributed by atoms with Gasteiger partial charge in [0.2, 0.25) is 0 Å². The van der Waals surface area contributed by atoms with E-state index in [1.54, 1.807) is 6.07 Å². The van der Waals surface area contributed by atoms with Crippen LogP contribution in [0.25, 0.3) is 0 Å². The molecule has 7 heteroatoms. The predicted octanol–water partition coefficient (Wildman–Crippen LogP) is 3.99. The summed E-state index contributed by atoms with van der Waals surface area (Å²) in [4.78, 5) is 3.56. The van der Waals surface area contributed by atoms with E-state index < -0.39 is 11.6 Å². The van der Waals surface area contributed by atoms with Gasteiger partial charge in [-0.3, -0.25) is 0 Å². The first-order valence-corrected chi connectivity index (χ1v) is 5.56. The third kappa shape index (κ3) is 2.63. The smallest absolute Gasteiger partial charge is 0.169 e. The Balaban J connectivity index is 2.34. The summed E-state index contributed by atoms with van der Waals surface area (Å²) in [5, 5.41) is 3.31. The summed E-state index contributed by atoms with van der Waals surface area (Å²) in [5.74, 6) is -2.34. The van der Waals surface area contributed by atoms with Crippen LogP contribution in [0.2, 0.25) is 10.0 Å². The van der Waals surface area contributed by atoms with Gasteiger partial charge in [0.25, 0.3) is 0 Å². The van der Waals surface area contributed by atoms with Crippen molar-refractivity contribution in [3.63, 3.8) is 0 Å². The van der Waals surface area contributed by atoms with Gasteiger partial charge in [-0.05, 0) is 18.2 Å². The van der Waals surface area contributed by atoms with Crippen molar-refractivity contribution in [3.8, 4) is 0 Å². The van der Waals surface area contributed by atoms with Gasteiger partial charge in [-0.25, -0.2) is 13.8 Å². The van der Waals surface area contributed by atoms with E-state index >= 15 is 0 Å². The second-order valence-electron chi connectivity index (χ2n) is 3.44. The van der Waals surface area contributed by atoms with E-state index in [-0.39, 0.29) is 11.6 Å². The maximum absolute atomic E-state index is 13.4. The highest BCUT2D eigenvalue weighted by Gasteiger charge is 2.10. The zero-order valence-corrected chi connectivity index (χ0v) is 10.4. The third-order valence-corrected chi connectivity index (χ3v) is 2.88. The fourth-order valence-electron chi connectivity index (χ4n) is 1.28. The summed E-state index contributed by atoms with van der Waals surface area (Å²) in [6, 6.07) is 5.26. The third-order valence-electron chi connectivity index (χ3n) is 2.14. The molecule has 0 aliphatic heterocycles. The minimum Gasteiger partial charge on any atom is -0.381 e. The maximum atomic E-state index is 13.4. The largest absolute Gasteiger partial charge is 0.381 e. The van der Waals surface area contributed by atoms with Crippen LogP contribution in [0.1, 0.15) is 0 Å². The Morgan fingerprint density at radius 1 is 1.06 bits per heavy atom. The summed E-state index contributed by atoms with van der Waals surface area (Å²) >= 11 is 11.5. The maximum Gasteiger partial charge on any atom is 0.169 e. The topological polar surface area (TPSA) is 50.9 Å². The van der Waals surface area contributed by atoms with E-state index in [9.17, 15) is 8.78 Å². The van der Waals surface area contributed by atoms with Gasteiger partial charge in [0.15, 0.2) is 23.3 Å². The van der Waals surface area contributed by atoms with E-state index in [2.05, 4.69) is 10.3 Å². The second-order valence-corrected chi connectivity index (χ2v) is 4.25. The second kappa shape index (κ2) is 4.96. The summed E-state index contributed by atoms with van der Waals surface area (Å²) in [5.41, 5.74) is 5.72. The molecule has 0 saturated carbocycles. The molecule has 2 rings (SSSR count). The van der Waals surface area contributed by atoms with Gasteiger partial charge in [-0.1, -0.05) is 23.2 Å². The molecule has 0 radical (unpaired) electrons. The molecule has 0 unspecified atom stereocenters. The number of nitrogens with one attached hydrogen (secondary N) is 1. The van der Waals surface area contributed by atoms with Crippen molar-refractivity contribution in [2.24, 2.45) is 0 Å². The Bertz CT molecular complexity index is 605. The quantitative estimate of drug-likeness (QED) is 0.879. The van der Waals surface area contributed by atoms with Crippen LogP contribution in [-0.4, -0.2) is 4.98 Å². The van der Waals surface area contributed by atoms with Crippen molar-refractivity contribution in [1.29, 1.82) is 0 Å². The zero-order valence-electron chi connectivity index (χ0n) is 8.85. The molecule has 0 bridgehead atoms. The van der Waals surface area contributed by atoms with Crippen molar-refractivity contribution in [2.45, 2.75) is 0 Å².